The van der Waals surface area contributed by atoms with Crippen molar-refractivity contribution in [3.05, 3.63) is 54.6 Å². The molecule has 1 atom stereocenters. The van der Waals surface area contributed by atoms with Crippen molar-refractivity contribution in [1.29, 1.82) is 0 Å². The van der Waals surface area contributed by atoms with Crippen molar-refractivity contribution in [2.24, 2.45) is 5.92 Å². The molecule has 0 spiro atoms. The average Bonchev–Trinajstić information content (AvgIpc) is 2.54. The fourth-order valence-corrected chi connectivity index (χ4v) is 3.57. The molecule has 0 radical (unpaired) electrons. The predicted molar refractivity (Wildman–Crippen MR) is 90.4 cm³/mol. The highest BCUT2D eigenvalue weighted by Gasteiger charge is 2.21. The van der Waals surface area contributed by atoms with Gasteiger partial charge >= 0.3 is 0 Å². The standard InChI is InChI=1S/C18H21NO4S/c1-13(2)12-17(18(20)21)19-24(22,23)16-10-8-15(9-11-16)14-6-4-3-5-7-14/h3-11,13,17,19H,12H2,1-2H3,(H,20,21)/p-1/t17-/m1/s1. The van der Waals surface area contributed by atoms with E-state index in [-0.39, 0.29) is 17.2 Å². The molecule has 0 unspecified atom stereocenters. The van der Waals surface area contributed by atoms with E-state index in [0.717, 1.165) is 11.1 Å². The molecule has 128 valence electrons. The van der Waals surface area contributed by atoms with Gasteiger partial charge in [0.15, 0.2) is 0 Å². The molecule has 0 saturated carbocycles. The summed E-state index contributed by atoms with van der Waals surface area (Å²) in [6.45, 7) is 3.64. The van der Waals surface area contributed by atoms with E-state index in [1.54, 1.807) is 12.1 Å². The van der Waals surface area contributed by atoms with E-state index >= 15 is 0 Å². The van der Waals surface area contributed by atoms with Gasteiger partial charge in [0.2, 0.25) is 10.0 Å². The van der Waals surface area contributed by atoms with Gasteiger partial charge in [-0.3, -0.25) is 0 Å². The van der Waals surface area contributed by atoms with Crippen LogP contribution in [0.15, 0.2) is 59.5 Å². The molecular formula is C18H20NO4S-. The molecule has 0 aromatic heterocycles. The Balaban J connectivity index is 2.21. The van der Waals surface area contributed by atoms with E-state index in [0.29, 0.717) is 0 Å². The Bertz CT molecular complexity index is 784. The molecule has 0 saturated heterocycles. The zero-order chi connectivity index (χ0) is 17.7. The Morgan fingerprint density at radius 3 is 2.04 bits per heavy atom. The smallest absolute Gasteiger partial charge is 0.241 e. The van der Waals surface area contributed by atoms with E-state index in [2.05, 4.69) is 4.72 Å². The van der Waals surface area contributed by atoms with Crippen LogP contribution in [0.25, 0.3) is 11.1 Å². The number of nitrogens with one attached hydrogen (secondary N) is 1. The van der Waals surface area contributed by atoms with Crippen LogP contribution in [-0.4, -0.2) is 20.4 Å². The Morgan fingerprint density at radius 1 is 1.00 bits per heavy atom. The second-order valence-electron chi connectivity index (χ2n) is 6.01. The summed E-state index contributed by atoms with van der Waals surface area (Å²) >= 11 is 0. The second-order valence-corrected chi connectivity index (χ2v) is 7.73. The summed E-state index contributed by atoms with van der Waals surface area (Å²) in [4.78, 5) is 11.2. The lowest BCUT2D eigenvalue weighted by molar-refractivity contribution is -0.308. The number of carboxylic acid groups (broad SMARTS) is 1. The van der Waals surface area contributed by atoms with Gasteiger partial charge in [0.25, 0.3) is 0 Å². The van der Waals surface area contributed by atoms with Crippen LogP contribution < -0.4 is 9.83 Å². The van der Waals surface area contributed by atoms with Crippen LogP contribution >= 0.6 is 0 Å². The Morgan fingerprint density at radius 2 is 1.54 bits per heavy atom. The van der Waals surface area contributed by atoms with Gasteiger partial charge in [-0.25, -0.2) is 13.1 Å². The molecule has 0 fully saturated rings. The number of sulfonamides is 1. The van der Waals surface area contributed by atoms with Crippen LogP contribution in [0.3, 0.4) is 0 Å². The lowest BCUT2D eigenvalue weighted by Gasteiger charge is -2.21. The molecule has 0 amide bonds. The lowest BCUT2D eigenvalue weighted by Crippen LogP contribution is -2.48. The summed E-state index contributed by atoms with van der Waals surface area (Å²) in [5.41, 5.74) is 1.86. The number of hydrogen-bond acceptors (Lipinski definition) is 4. The van der Waals surface area contributed by atoms with Crippen LogP contribution in [0.2, 0.25) is 0 Å². The molecule has 0 aliphatic rings. The fraction of sp³-hybridized carbons (Fsp3) is 0.278. The Kier molecular flexibility index (Phi) is 5.75. The van der Waals surface area contributed by atoms with E-state index < -0.39 is 22.0 Å². The minimum Gasteiger partial charge on any atom is -0.548 e. The summed E-state index contributed by atoms with van der Waals surface area (Å²) in [6.07, 6.45) is 0.170. The molecule has 5 nitrogen and oxygen atoms in total. The van der Waals surface area contributed by atoms with Crippen molar-refractivity contribution in [3.8, 4) is 11.1 Å². The van der Waals surface area contributed by atoms with Gasteiger partial charge in [-0.1, -0.05) is 56.3 Å². The summed E-state index contributed by atoms with van der Waals surface area (Å²) in [7, 11) is -3.92. The Hall–Kier alpha value is -2.18. The highest BCUT2D eigenvalue weighted by molar-refractivity contribution is 7.89. The van der Waals surface area contributed by atoms with Crippen LogP contribution in [0.4, 0.5) is 0 Å². The first-order valence-electron chi connectivity index (χ1n) is 7.68. The van der Waals surface area contributed by atoms with Gasteiger partial charge in [0.05, 0.1) is 16.9 Å². The van der Waals surface area contributed by atoms with Crippen molar-refractivity contribution >= 4 is 16.0 Å². The molecule has 0 heterocycles. The Labute approximate surface area is 142 Å². The van der Waals surface area contributed by atoms with Gasteiger partial charge in [0.1, 0.15) is 0 Å². The second kappa shape index (κ2) is 7.59. The highest BCUT2D eigenvalue weighted by Crippen LogP contribution is 2.21. The van der Waals surface area contributed by atoms with Crippen molar-refractivity contribution in [2.75, 3.05) is 0 Å². The first-order valence-corrected chi connectivity index (χ1v) is 9.16. The SMILES string of the molecule is CC(C)C[C@@H](NS(=O)(=O)c1ccc(-c2ccccc2)cc1)C(=O)[O-]. The van der Waals surface area contributed by atoms with Crippen LogP contribution in [-0.2, 0) is 14.8 Å². The number of carbonyl (C=O) groups is 1. The van der Waals surface area contributed by atoms with Crippen LogP contribution in [0.5, 0.6) is 0 Å². The molecule has 0 aliphatic carbocycles. The van der Waals surface area contributed by atoms with E-state index in [9.17, 15) is 18.3 Å². The largest absolute Gasteiger partial charge is 0.548 e. The van der Waals surface area contributed by atoms with Crippen molar-refractivity contribution in [3.63, 3.8) is 0 Å². The molecule has 2 rings (SSSR count). The number of aliphatic carboxylic acids is 1. The van der Waals surface area contributed by atoms with E-state index in [1.165, 1.54) is 12.1 Å². The molecule has 1 N–H and O–H groups in total. The zero-order valence-electron chi connectivity index (χ0n) is 13.6. The van der Waals surface area contributed by atoms with Crippen LogP contribution in [0.1, 0.15) is 20.3 Å². The van der Waals surface area contributed by atoms with Crippen molar-refractivity contribution in [2.45, 2.75) is 31.2 Å². The molecule has 2 aromatic rings. The number of rotatable bonds is 7. The average molecular weight is 346 g/mol. The molecule has 2 aromatic carbocycles. The molecule has 0 aliphatic heterocycles. The monoisotopic (exact) mass is 346 g/mol. The highest BCUT2D eigenvalue weighted by atomic mass is 32.2. The number of carboxylic acids is 1. The minimum absolute atomic E-state index is 0.0241. The molecular weight excluding hydrogens is 326 g/mol. The van der Waals surface area contributed by atoms with Crippen molar-refractivity contribution < 1.29 is 18.3 Å². The van der Waals surface area contributed by atoms with Crippen LogP contribution in [0, 0.1) is 5.92 Å². The van der Waals surface area contributed by atoms with Gasteiger partial charge < -0.3 is 9.90 Å². The quantitative estimate of drug-likeness (QED) is 0.828. The number of hydrogen-bond donors (Lipinski definition) is 1. The van der Waals surface area contributed by atoms with E-state index in [4.69, 9.17) is 0 Å². The fourth-order valence-electron chi connectivity index (χ4n) is 2.38. The molecule has 0 bridgehead atoms. The lowest BCUT2D eigenvalue weighted by atomic mass is 10.1. The van der Waals surface area contributed by atoms with Gasteiger partial charge in [-0.05, 0) is 35.6 Å². The third-order valence-corrected chi connectivity index (χ3v) is 5.05. The third kappa shape index (κ3) is 4.66. The number of carbonyl (C=O) groups excluding carboxylic acids is 1. The summed E-state index contributed by atoms with van der Waals surface area (Å²) < 4.78 is 27.0. The molecule has 24 heavy (non-hydrogen) atoms. The maximum Gasteiger partial charge on any atom is 0.241 e. The summed E-state index contributed by atoms with van der Waals surface area (Å²) in [5, 5.41) is 11.1. The summed E-state index contributed by atoms with van der Waals surface area (Å²) in [5.74, 6) is -1.40. The molecule has 6 heteroatoms. The maximum absolute atomic E-state index is 12.4. The van der Waals surface area contributed by atoms with Crippen molar-refractivity contribution in [1.82, 2.24) is 4.72 Å². The first kappa shape index (κ1) is 18.2. The van der Waals surface area contributed by atoms with Gasteiger partial charge in [-0.2, -0.15) is 0 Å². The minimum atomic E-state index is -3.92. The maximum atomic E-state index is 12.4. The van der Waals surface area contributed by atoms with E-state index in [1.807, 2.05) is 44.2 Å². The topological polar surface area (TPSA) is 86.3 Å². The first-order chi connectivity index (χ1) is 11.3. The predicted octanol–water partition coefficient (Wildman–Crippen LogP) is 1.80. The van der Waals surface area contributed by atoms with Gasteiger partial charge in [-0.15, -0.1) is 0 Å². The van der Waals surface area contributed by atoms with Gasteiger partial charge in [0, 0.05) is 0 Å². The number of benzene rings is 2. The zero-order valence-corrected chi connectivity index (χ0v) is 14.4. The summed E-state index contributed by atoms with van der Waals surface area (Å²) in [6, 6.07) is 14.6. The third-order valence-electron chi connectivity index (χ3n) is 3.56. The normalized spacial score (nSPS) is 13.0.